The molecule has 0 saturated heterocycles. The Kier molecular flexibility index (Phi) is 7.70. The molecule has 0 unspecified atom stereocenters. The summed E-state index contributed by atoms with van der Waals surface area (Å²) in [5, 5.41) is 0. The number of aryl methyl sites for hydroxylation is 1. The van der Waals surface area contributed by atoms with Crippen molar-refractivity contribution in [3.05, 3.63) is 213 Å². The largest absolute Gasteiger partial charge is 0.0622 e. The predicted molar refractivity (Wildman–Crippen MR) is 219 cm³/mol. The molecule has 0 heteroatoms. The third-order valence-corrected chi connectivity index (χ3v) is 12.3. The van der Waals surface area contributed by atoms with Crippen LogP contribution >= 0.6 is 0 Å². The number of hydrogen-bond donors (Lipinski definition) is 0. The highest BCUT2D eigenvalue weighted by Gasteiger charge is 2.34. The zero-order valence-electron chi connectivity index (χ0n) is 31.1. The van der Waals surface area contributed by atoms with Crippen LogP contribution in [0.1, 0.15) is 88.9 Å². The summed E-state index contributed by atoms with van der Waals surface area (Å²) >= 11 is 0. The van der Waals surface area contributed by atoms with Crippen LogP contribution in [0.2, 0.25) is 0 Å². The molecule has 0 radical (unpaired) electrons. The Balaban J connectivity index is 1.27. The molecule has 0 spiro atoms. The zero-order valence-corrected chi connectivity index (χ0v) is 31.1. The molecule has 0 atom stereocenters. The van der Waals surface area contributed by atoms with Crippen LogP contribution in [0, 0.1) is 6.92 Å². The highest BCUT2D eigenvalue weighted by molar-refractivity contribution is 5.92. The van der Waals surface area contributed by atoms with Gasteiger partial charge in [-0.05, 0) is 139 Å². The zero-order chi connectivity index (χ0) is 35.6. The average molecular weight is 671 g/mol. The van der Waals surface area contributed by atoms with Gasteiger partial charge in [0.05, 0.1) is 0 Å². The Morgan fingerprint density at radius 2 is 1.19 bits per heavy atom. The van der Waals surface area contributed by atoms with Crippen LogP contribution in [0.25, 0.3) is 33.4 Å². The summed E-state index contributed by atoms with van der Waals surface area (Å²) in [7, 11) is 0. The van der Waals surface area contributed by atoms with Crippen molar-refractivity contribution < 1.29 is 0 Å². The van der Waals surface area contributed by atoms with Crippen molar-refractivity contribution in [2.75, 3.05) is 0 Å². The standard InChI is InChI=1S/C52H46/c1-34-16-9-12-23-46(34)51(2,3)48-25-14-11-22-42(48)41-31-43(36-26-27-38-29-37-19-10-13-24-47(37)52(4,5)49(38)33-36)44-30-40-21-15-20-39(50(40)45(44)32-41)28-35-17-7-6-8-18-35/h6-27,31-33H,28-30H2,1-5H3. The lowest BCUT2D eigenvalue weighted by molar-refractivity contribution is 0.611. The summed E-state index contributed by atoms with van der Waals surface area (Å²) in [5.74, 6) is 0. The van der Waals surface area contributed by atoms with Gasteiger partial charge >= 0.3 is 0 Å². The van der Waals surface area contributed by atoms with Crippen LogP contribution in [0.4, 0.5) is 0 Å². The topological polar surface area (TPSA) is 0 Å². The van der Waals surface area contributed by atoms with Crippen LogP contribution in [0.5, 0.6) is 0 Å². The van der Waals surface area contributed by atoms with Gasteiger partial charge in [0, 0.05) is 10.8 Å². The second kappa shape index (κ2) is 12.3. The van der Waals surface area contributed by atoms with Crippen molar-refractivity contribution in [1.29, 1.82) is 0 Å². The van der Waals surface area contributed by atoms with Crippen LogP contribution in [-0.4, -0.2) is 0 Å². The molecule has 2 aliphatic rings. The SMILES string of the molecule is Cc1ccccc1C(C)(C)c1ccccc1-c1cc(-c2ccc3c(c2)C(C)(C)c2ccccc2C3)c2c(c1)-c1c(Cc3ccccc3)cccc1C2. The van der Waals surface area contributed by atoms with E-state index >= 15 is 0 Å². The van der Waals surface area contributed by atoms with E-state index in [1.165, 1.54) is 94.6 Å². The second-order valence-electron chi connectivity index (χ2n) is 16.2. The normalized spacial score (nSPS) is 13.9. The molecular formula is C52H46. The Labute approximate surface area is 309 Å². The molecule has 0 nitrogen and oxygen atoms in total. The Bertz CT molecular complexity index is 2490. The summed E-state index contributed by atoms with van der Waals surface area (Å²) < 4.78 is 0. The predicted octanol–water partition coefficient (Wildman–Crippen LogP) is 13.0. The fraction of sp³-hybridized carbons (Fsp3) is 0.192. The molecule has 0 amide bonds. The second-order valence-corrected chi connectivity index (χ2v) is 16.2. The van der Waals surface area contributed by atoms with Gasteiger partial charge in [0.1, 0.15) is 0 Å². The molecular weight excluding hydrogens is 625 g/mol. The van der Waals surface area contributed by atoms with E-state index in [0.29, 0.717) is 0 Å². The first kappa shape index (κ1) is 32.4. The summed E-state index contributed by atoms with van der Waals surface area (Å²) in [6, 6.07) is 57.3. The van der Waals surface area contributed by atoms with Crippen LogP contribution < -0.4 is 0 Å². The molecule has 0 aromatic heterocycles. The van der Waals surface area contributed by atoms with Gasteiger partial charge in [-0.2, -0.15) is 0 Å². The highest BCUT2D eigenvalue weighted by atomic mass is 14.4. The summed E-state index contributed by atoms with van der Waals surface area (Å²) in [6.45, 7) is 11.8. The van der Waals surface area contributed by atoms with E-state index in [-0.39, 0.29) is 10.8 Å². The molecule has 52 heavy (non-hydrogen) atoms. The average Bonchev–Trinajstić information content (AvgIpc) is 3.55. The first-order valence-electron chi connectivity index (χ1n) is 18.9. The number of hydrogen-bond acceptors (Lipinski definition) is 0. The van der Waals surface area contributed by atoms with Gasteiger partial charge in [-0.25, -0.2) is 0 Å². The maximum absolute atomic E-state index is 2.53. The number of benzene rings is 7. The molecule has 9 rings (SSSR count). The van der Waals surface area contributed by atoms with E-state index in [1.54, 1.807) is 0 Å². The molecule has 0 N–H and O–H groups in total. The van der Waals surface area contributed by atoms with Gasteiger partial charge in [-0.1, -0.05) is 161 Å². The molecule has 254 valence electrons. The maximum atomic E-state index is 2.53. The number of fused-ring (bicyclic) bond motifs is 5. The quantitative estimate of drug-likeness (QED) is 0.165. The van der Waals surface area contributed by atoms with E-state index < -0.39 is 0 Å². The monoisotopic (exact) mass is 670 g/mol. The van der Waals surface area contributed by atoms with Crippen LogP contribution in [0.3, 0.4) is 0 Å². The van der Waals surface area contributed by atoms with E-state index in [0.717, 1.165) is 19.3 Å². The lowest BCUT2D eigenvalue weighted by Gasteiger charge is -2.35. The third-order valence-electron chi connectivity index (χ3n) is 12.3. The smallest absolute Gasteiger partial charge is 0.0155 e. The van der Waals surface area contributed by atoms with E-state index in [1.807, 2.05) is 0 Å². The van der Waals surface area contributed by atoms with Gasteiger partial charge < -0.3 is 0 Å². The minimum Gasteiger partial charge on any atom is -0.0622 e. The van der Waals surface area contributed by atoms with Crippen molar-refractivity contribution in [1.82, 2.24) is 0 Å². The maximum Gasteiger partial charge on any atom is 0.0155 e. The highest BCUT2D eigenvalue weighted by Crippen LogP contribution is 2.49. The minimum absolute atomic E-state index is 0.0725. The van der Waals surface area contributed by atoms with Crippen LogP contribution in [0.15, 0.2) is 152 Å². The fourth-order valence-electron chi connectivity index (χ4n) is 9.61. The molecule has 7 aromatic carbocycles. The lowest BCUT2D eigenvalue weighted by Crippen LogP contribution is -2.27. The summed E-state index contributed by atoms with van der Waals surface area (Å²) in [5.41, 5.74) is 23.3. The van der Waals surface area contributed by atoms with Gasteiger partial charge in [0.15, 0.2) is 0 Å². The molecule has 0 saturated carbocycles. The fourth-order valence-corrected chi connectivity index (χ4v) is 9.61. The number of rotatable bonds is 6. The molecule has 2 aliphatic carbocycles. The van der Waals surface area contributed by atoms with Gasteiger partial charge in [-0.15, -0.1) is 0 Å². The van der Waals surface area contributed by atoms with Crippen molar-refractivity contribution in [2.45, 2.75) is 64.7 Å². The van der Waals surface area contributed by atoms with Crippen molar-refractivity contribution in [3.63, 3.8) is 0 Å². The van der Waals surface area contributed by atoms with Crippen LogP contribution in [-0.2, 0) is 30.1 Å². The molecule has 0 bridgehead atoms. The first-order valence-corrected chi connectivity index (χ1v) is 18.9. The first-order chi connectivity index (χ1) is 25.2. The van der Waals surface area contributed by atoms with Gasteiger partial charge in [0.25, 0.3) is 0 Å². The Hall–Kier alpha value is -5.46. The Morgan fingerprint density at radius 1 is 0.519 bits per heavy atom. The summed E-state index contributed by atoms with van der Waals surface area (Å²) in [4.78, 5) is 0. The van der Waals surface area contributed by atoms with E-state index in [2.05, 4.69) is 186 Å². The van der Waals surface area contributed by atoms with E-state index in [4.69, 9.17) is 0 Å². The molecule has 0 heterocycles. The van der Waals surface area contributed by atoms with Crippen molar-refractivity contribution in [3.8, 4) is 33.4 Å². The molecule has 0 fully saturated rings. The Morgan fingerprint density at radius 3 is 2.02 bits per heavy atom. The third kappa shape index (κ3) is 5.27. The summed E-state index contributed by atoms with van der Waals surface area (Å²) in [6.07, 6.45) is 2.86. The van der Waals surface area contributed by atoms with Crippen molar-refractivity contribution in [2.24, 2.45) is 0 Å². The van der Waals surface area contributed by atoms with Gasteiger partial charge in [0.2, 0.25) is 0 Å². The molecule has 7 aromatic rings. The van der Waals surface area contributed by atoms with Crippen molar-refractivity contribution >= 4 is 0 Å². The van der Waals surface area contributed by atoms with E-state index in [9.17, 15) is 0 Å². The molecule has 0 aliphatic heterocycles. The minimum atomic E-state index is -0.180. The lowest BCUT2D eigenvalue weighted by atomic mass is 9.68. The van der Waals surface area contributed by atoms with Gasteiger partial charge in [-0.3, -0.25) is 0 Å².